The Kier molecular flexibility index (Phi) is 8.70. The van der Waals surface area contributed by atoms with Crippen LogP contribution in [0.1, 0.15) is 63.5 Å². The van der Waals surface area contributed by atoms with Crippen LogP contribution in [0.2, 0.25) is 0 Å². The molecule has 0 aliphatic rings. The molecule has 0 aromatic heterocycles. The molecule has 0 amide bonds. The number of nitrogens with two attached hydrogens (primary N) is 2. The molecule has 0 saturated heterocycles. The third-order valence-corrected chi connectivity index (χ3v) is 4.31. The van der Waals surface area contributed by atoms with Crippen molar-refractivity contribution in [3.05, 3.63) is 35.4 Å². The van der Waals surface area contributed by atoms with Gasteiger partial charge < -0.3 is 16.6 Å². The lowest BCUT2D eigenvalue weighted by Gasteiger charge is -2.28. The van der Waals surface area contributed by atoms with E-state index in [1.165, 1.54) is 11.1 Å². The van der Waals surface area contributed by atoms with Gasteiger partial charge in [-0.05, 0) is 49.7 Å². The van der Waals surface area contributed by atoms with Crippen molar-refractivity contribution in [1.29, 1.82) is 0 Å². The highest BCUT2D eigenvalue weighted by molar-refractivity contribution is 5.75. The molecule has 0 atom stereocenters. The van der Waals surface area contributed by atoms with E-state index < -0.39 is 5.60 Å². The highest BCUT2D eigenvalue weighted by atomic mass is 16.3. The predicted molar refractivity (Wildman–Crippen MR) is 98.5 cm³/mol. The maximum absolute atomic E-state index is 10.8. The van der Waals surface area contributed by atoms with Gasteiger partial charge in [0.05, 0.1) is 5.60 Å². The topological polar surface area (TPSA) is 84.6 Å². The summed E-state index contributed by atoms with van der Waals surface area (Å²) in [5.41, 5.74) is 12.9. The Hall–Kier alpha value is -1.55. The first-order chi connectivity index (χ1) is 11.0. The summed E-state index contributed by atoms with van der Waals surface area (Å²) in [6.07, 6.45) is 7.47. The Morgan fingerprint density at radius 2 is 1.57 bits per heavy atom. The van der Waals surface area contributed by atoms with Crippen LogP contribution in [0.4, 0.5) is 0 Å². The Bertz CT molecular complexity index is 475. The van der Waals surface area contributed by atoms with Crippen LogP contribution in [0.5, 0.6) is 0 Å². The van der Waals surface area contributed by atoms with Gasteiger partial charge in [0.2, 0.25) is 0 Å². The van der Waals surface area contributed by atoms with Crippen molar-refractivity contribution in [2.75, 3.05) is 6.54 Å². The lowest BCUT2D eigenvalue weighted by Crippen LogP contribution is -2.29. The van der Waals surface area contributed by atoms with E-state index in [-0.39, 0.29) is 5.96 Å². The molecule has 1 rings (SSSR count). The SMILES string of the molecule is CCCC(O)(CCC)CCc1ccccc1CCCN=C(N)N. The molecule has 1 aromatic carbocycles. The van der Waals surface area contributed by atoms with Crippen molar-refractivity contribution in [3.63, 3.8) is 0 Å². The smallest absolute Gasteiger partial charge is 0.185 e. The predicted octanol–water partition coefficient (Wildman–Crippen LogP) is 3.16. The summed E-state index contributed by atoms with van der Waals surface area (Å²) in [5, 5.41) is 10.8. The van der Waals surface area contributed by atoms with E-state index in [0.29, 0.717) is 6.54 Å². The molecule has 1 aromatic rings. The summed E-state index contributed by atoms with van der Waals surface area (Å²) in [7, 11) is 0. The van der Waals surface area contributed by atoms with Gasteiger partial charge in [-0.2, -0.15) is 0 Å². The molecule has 0 radical (unpaired) electrons. The van der Waals surface area contributed by atoms with Gasteiger partial charge in [-0.15, -0.1) is 0 Å². The maximum Gasteiger partial charge on any atom is 0.185 e. The zero-order chi connectivity index (χ0) is 17.1. The Morgan fingerprint density at radius 3 is 2.09 bits per heavy atom. The first-order valence-corrected chi connectivity index (χ1v) is 8.85. The molecule has 0 aliphatic heterocycles. The highest BCUT2D eigenvalue weighted by Gasteiger charge is 2.24. The van der Waals surface area contributed by atoms with E-state index >= 15 is 0 Å². The molecule has 0 aliphatic carbocycles. The largest absolute Gasteiger partial charge is 0.390 e. The van der Waals surface area contributed by atoms with E-state index in [0.717, 1.165) is 51.4 Å². The van der Waals surface area contributed by atoms with E-state index in [2.05, 4.69) is 43.1 Å². The van der Waals surface area contributed by atoms with E-state index in [1.54, 1.807) is 0 Å². The molecule has 0 bridgehead atoms. The van der Waals surface area contributed by atoms with Gasteiger partial charge in [0.15, 0.2) is 5.96 Å². The third-order valence-electron chi connectivity index (χ3n) is 4.31. The van der Waals surface area contributed by atoms with Crippen LogP contribution in [0, 0.1) is 0 Å². The normalized spacial score (nSPS) is 11.4. The van der Waals surface area contributed by atoms with Crippen LogP contribution in [0.15, 0.2) is 29.3 Å². The number of hydrogen-bond donors (Lipinski definition) is 3. The summed E-state index contributed by atoms with van der Waals surface area (Å²) in [4.78, 5) is 4.04. The quantitative estimate of drug-likeness (QED) is 0.333. The standard InChI is InChI=1S/C19H33N3O/c1-3-12-19(23,13-4-2)14-11-17-9-6-5-8-16(17)10-7-15-22-18(20)21/h5-6,8-9,23H,3-4,7,10-15H2,1-2H3,(H4,20,21,22). The van der Waals surface area contributed by atoms with Gasteiger partial charge in [-0.1, -0.05) is 51.0 Å². The number of guanidine groups is 1. The molecule has 0 fully saturated rings. The fraction of sp³-hybridized carbons (Fsp3) is 0.632. The van der Waals surface area contributed by atoms with Gasteiger partial charge in [0.1, 0.15) is 0 Å². The Balaban J connectivity index is 2.63. The molecular formula is C19H33N3O. The molecule has 0 heterocycles. The molecule has 0 saturated carbocycles. The molecule has 0 unspecified atom stereocenters. The highest BCUT2D eigenvalue weighted by Crippen LogP contribution is 2.26. The molecule has 4 heteroatoms. The van der Waals surface area contributed by atoms with Crippen molar-refractivity contribution in [2.24, 2.45) is 16.5 Å². The average Bonchev–Trinajstić information content (AvgIpc) is 2.51. The van der Waals surface area contributed by atoms with Crippen LogP contribution >= 0.6 is 0 Å². The molecule has 23 heavy (non-hydrogen) atoms. The van der Waals surface area contributed by atoms with Crippen molar-refractivity contribution in [3.8, 4) is 0 Å². The van der Waals surface area contributed by atoms with Gasteiger partial charge in [0.25, 0.3) is 0 Å². The Labute approximate surface area is 141 Å². The third kappa shape index (κ3) is 7.51. The van der Waals surface area contributed by atoms with Crippen LogP contribution in [-0.2, 0) is 12.8 Å². The molecule has 4 nitrogen and oxygen atoms in total. The number of nitrogens with zero attached hydrogens (tertiary/aromatic N) is 1. The fourth-order valence-electron chi connectivity index (χ4n) is 3.20. The van der Waals surface area contributed by atoms with E-state index in [1.807, 2.05) is 0 Å². The maximum atomic E-state index is 10.8. The second kappa shape index (κ2) is 10.3. The molecule has 0 spiro atoms. The second-order valence-corrected chi connectivity index (χ2v) is 6.40. The second-order valence-electron chi connectivity index (χ2n) is 6.40. The van der Waals surface area contributed by atoms with Crippen molar-refractivity contribution in [2.45, 2.75) is 70.8 Å². The lowest BCUT2D eigenvalue weighted by atomic mass is 9.85. The minimum Gasteiger partial charge on any atom is -0.390 e. The van der Waals surface area contributed by atoms with Gasteiger partial charge >= 0.3 is 0 Å². The first-order valence-electron chi connectivity index (χ1n) is 8.85. The zero-order valence-electron chi connectivity index (χ0n) is 14.7. The summed E-state index contributed by atoms with van der Waals surface area (Å²) in [6, 6.07) is 8.50. The summed E-state index contributed by atoms with van der Waals surface area (Å²) < 4.78 is 0. The molecular weight excluding hydrogens is 286 g/mol. The van der Waals surface area contributed by atoms with Crippen molar-refractivity contribution < 1.29 is 5.11 Å². The lowest BCUT2D eigenvalue weighted by molar-refractivity contribution is 0.0132. The van der Waals surface area contributed by atoms with Crippen LogP contribution in [0.25, 0.3) is 0 Å². The van der Waals surface area contributed by atoms with E-state index in [4.69, 9.17) is 11.5 Å². The number of hydrogen-bond acceptors (Lipinski definition) is 2. The van der Waals surface area contributed by atoms with Crippen molar-refractivity contribution >= 4 is 5.96 Å². The number of aryl methyl sites for hydroxylation is 2. The average molecular weight is 319 g/mol. The van der Waals surface area contributed by atoms with E-state index in [9.17, 15) is 5.11 Å². The monoisotopic (exact) mass is 319 g/mol. The minimum atomic E-state index is -0.519. The van der Waals surface area contributed by atoms with Gasteiger partial charge in [-0.25, -0.2) is 0 Å². The number of aliphatic hydroxyl groups is 1. The van der Waals surface area contributed by atoms with Gasteiger partial charge in [0, 0.05) is 6.54 Å². The number of rotatable bonds is 11. The fourth-order valence-corrected chi connectivity index (χ4v) is 3.20. The Morgan fingerprint density at radius 1 is 1.00 bits per heavy atom. The van der Waals surface area contributed by atoms with Crippen LogP contribution < -0.4 is 11.5 Å². The van der Waals surface area contributed by atoms with Crippen LogP contribution in [-0.4, -0.2) is 23.2 Å². The molecule has 5 N–H and O–H groups in total. The van der Waals surface area contributed by atoms with Gasteiger partial charge in [-0.3, -0.25) is 4.99 Å². The summed E-state index contributed by atoms with van der Waals surface area (Å²) >= 11 is 0. The summed E-state index contributed by atoms with van der Waals surface area (Å²) in [6.45, 7) is 4.93. The van der Waals surface area contributed by atoms with Crippen molar-refractivity contribution in [1.82, 2.24) is 0 Å². The molecule has 130 valence electrons. The first kappa shape index (κ1) is 19.5. The summed E-state index contributed by atoms with van der Waals surface area (Å²) in [5.74, 6) is 0.155. The number of benzene rings is 1. The number of aliphatic imine (C=N–C) groups is 1. The zero-order valence-corrected chi connectivity index (χ0v) is 14.7. The minimum absolute atomic E-state index is 0.155. The van der Waals surface area contributed by atoms with Crippen LogP contribution in [0.3, 0.4) is 0 Å².